The second-order valence-electron chi connectivity index (χ2n) is 4.79. The number of rotatable bonds is 3. The van der Waals surface area contributed by atoms with E-state index in [1.165, 1.54) is 17.6 Å². The minimum atomic E-state index is -3.14. The number of sulfone groups is 1. The van der Waals surface area contributed by atoms with Crippen molar-refractivity contribution in [2.75, 3.05) is 26.0 Å². The molecule has 1 aliphatic rings. The fraction of sp³-hybridized carbons (Fsp3) is 0.583. The summed E-state index contributed by atoms with van der Waals surface area (Å²) in [5.41, 5.74) is 5.96. The van der Waals surface area contributed by atoms with Gasteiger partial charge in [-0.05, 0) is 19.1 Å². The molecule has 0 saturated carbocycles. The summed E-state index contributed by atoms with van der Waals surface area (Å²) in [5.74, 6) is 0.481. The average molecular weight is 445 g/mol. The molecule has 2 rings (SSSR count). The summed E-state index contributed by atoms with van der Waals surface area (Å²) in [6.07, 6.45) is 1.35. The van der Waals surface area contributed by atoms with Gasteiger partial charge in [0.25, 0.3) is 0 Å². The van der Waals surface area contributed by atoms with Gasteiger partial charge in [0.05, 0.1) is 19.3 Å². The van der Waals surface area contributed by atoms with E-state index in [0.29, 0.717) is 23.3 Å². The van der Waals surface area contributed by atoms with Crippen LogP contribution >= 0.6 is 35.3 Å². The maximum Gasteiger partial charge on any atom is 0.191 e. The smallest absolute Gasteiger partial charge is 0.191 e. The maximum absolute atomic E-state index is 11.4. The molecule has 1 aromatic heterocycles. The van der Waals surface area contributed by atoms with Gasteiger partial charge in [-0.3, -0.25) is 0 Å². The van der Waals surface area contributed by atoms with Crippen LogP contribution in [0.3, 0.4) is 0 Å². The van der Waals surface area contributed by atoms with Crippen molar-refractivity contribution in [3.8, 4) is 0 Å². The summed E-state index contributed by atoms with van der Waals surface area (Å²) >= 11 is 1.24. The fourth-order valence-corrected chi connectivity index (χ4v) is 3.83. The van der Waals surface area contributed by atoms with Gasteiger partial charge in [0, 0.05) is 24.2 Å². The molecule has 1 atom stereocenters. The van der Waals surface area contributed by atoms with E-state index in [4.69, 9.17) is 10.5 Å². The fourth-order valence-electron chi connectivity index (χ4n) is 1.93. The second kappa shape index (κ2) is 7.75. The zero-order valence-corrected chi connectivity index (χ0v) is 15.9. The molecule has 0 amide bonds. The zero-order valence-electron chi connectivity index (χ0n) is 12.0. The number of nitrogens with two attached hydrogens (primary N) is 1. The molecule has 0 aromatic carbocycles. The lowest BCUT2D eigenvalue weighted by atomic mass is 10.3. The van der Waals surface area contributed by atoms with Crippen LogP contribution in [0.4, 0.5) is 0 Å². The molecule has 0 spiro atoms. The van der Waals surface area contributed by atoms with E-state index in [9.17, 15) is 8.42 Å². The van der Waals surface area contributed by atoms with E-state index < -0.39 is 9.84 Å². The number of aliphatic imine (C=N–C) groups is 1. The Labute approximate surface area is 146 Å². The van der Waals surface area contributed by atoms with E-state index in [2.05, 4.69) is 4.99 Å². The van der Waals surface area contributed by atoms with E-state index >= 15 is 0 Å². The summed E-state index contributed by atoms with van der Waals surface area (Å²) in [7, 11) is -3.14. The van der Waals surface area contributed by atoms with Gasteiger partial charge in [-0.15, -0.1) is 35.3 Å². The number of ether oxygens (including phenoxy) is 1. The van der Waals surface area contributed by atoms with E-state index in [-0.39, 0.29) is 30.1 Å². The Bertz CT molecular complexity index is 601. The lowest BCUT2D eigenvalue weighted by Gasteiger charge is -2.31. The Balaban J connectivity index is 0.00000220. The Kier molecular flexibility index (Phi) is 6.88. The highest BCUT2D eigenvalue weighted by Crippen LogP contribution is 2.22. The number of morpholine rings is 1. The van der Waals surface area contributed by atoms with Crippen molar-refractivity contribution in [1.29, 1.82) is 0 Å². The summed E-state index contributed by atoms with van der Waals surface area (Å²) in [6.45, 7) is 4.51. The van der Waals surface area contributed by atoms with Crippen molar-refractivity contribution in [2.45, 2.75) is 23.8 Å². The van der Waals surface area contributed by atoms with Crippen LogP contribution < -0.4 is 5.73 Å². The van der Waals surface area contributed by atoms with Gasteiger partial charge in [0.15, 0.2) is 15.8 Å². The number of hydrogen-bond acceptors (Lipinski definition) is 5. The largest absolute Gasteiger partial charge is 0.375 e. The maximum atomic E-state index is 11.4. The van der Waals surface area contributed by atoms with Crippen LogP contribution in [-0.4, -0.2) is 51.3 Å². The first kappa shape index (κ1) is 18.7. The topological polar surface area (TPSA) is 85.0 Å². The summed E-state index contributed by atoms with van der Waals surface area (Å²) in [4.78, 5) is 7.20. The van der Waals surface area contributed by atoms with Crippen LogP contribution in [0, 0.1) is 0 Å². The van der Waals surface area contributed by atoms with Gasteiger partial charge in [-0.25, -0.2) is 13.4 Å². The monoisotopic (exact) mass is 445 g/mol. The van der Waals surface area contributed by atoms with E-state index in [0.717, 1.165) is 18.0 Å². The highest BCUT2D eigenvalue weighted by Gasteiger charge is 2.18. The lowest BCUT2D eigenvalue weighted by molar-refractivity contribution is 0.00529. The minimum Gasteiger partial charge on any atom is -0.375 e. The van der Waals surface area contributed by atoms with Crippen molar-refractivity contribution < 1.29 is 13.2 Å². The van der Waals surface area contributed by atoms with Crippen LogP contribution in [0.15, 0.2) is 21.3 Å². The molecule has 1 aromatic rings. The molecule has 2 N–H and O–H groups in total. The summed E-state index contributed by atoms with van der Waals surface area (Å²) < 4.78 is 28.6. The van der Waals surface area contributed by atoms with Crippen molar-refractivity contribution in [2.24, 2.45) is 10.7 Å². The molecule has 0 radical (unpaired) electrons. The Hall–Kier alpha value is -0.390. The molecule has 21 heavy (non-hydrogen) atoms. The van der Waals surface area contributed by atoms with Gasteiger partial charge >= 0.3 is 0 Å². The molecule has 1 fully saturated rings. The van der Waals surface area contributed by atoms with E-state index in [1.54, 1.807) is 12.1 Å². The lowest BCUT2D eigenvalue weighted by Crippen LogP contribution is -2.47. The normalized spacial score (nSPS) is 20.2. The molecule has 0 bridgehead atoms. The zero-order chi connectivity index (χ0) is 14.8. The highest BCUT2D eigenvalue weighted by molar-refractivity contribution is 14.0. The Morgan fingerprint density at radius 3 is 2.86 bits per heavy atom. The third-order valence-corrected chi connectivity index (χ3v) is 5.85. The molecule has 2 heterocycles. The van der Waals surface area contributed by atoms with Crippen molar-refractivity contribution in [3.63, 3.8) is 0 Å². The third kappa shape index (κ3) is 5.38. The Morgan fingerprint density at radius 2 is 2.29 bits per heavy atom. The molecule has 1 aliphatic heterocycles. The molecule has 1 saturated heterocycles. The molecule has 120 valence electrons. The summed E-state index contributed by atoms with van der Waals surface area (Å²) in [6, 6.07) is 3.39. The minimum absolute atomic E-state index is 0. The molecule has 6 nitrogen and oxygen atoms in total. The quantitative estimate of drug-likeness (QED) is 0.431. The van der Waals surface area contributed by atoms with E-state index in [1.807, 2.05) is 11.8 Å². The number of halogens is 1. The molecule has 1 unspecified atom stereocenters. The van der Waals surface area contributed by atoms with Gasteiger partial charge < -0.3 is 15.4 Å². The molecule has 0 aliphatic carbocycles. The first-order chi connectivity index (χ1) is 9.36. The van der Waals surface area contributed by atoms with Crippen molar-refractivity contribution in [1.82, 2.24) is 4.90 Å². The highest BCUT2D eigenvalue weighted by atomic mass is 127. The first-order valence-corrected chi connectivity index (χ1v) is 9.02. The van der Waals surface area contributed by atoms with Crippen LogP contribution in [0.5, 0.6) is 0 Å². The SMILES string of the molecule is CC1CN(C(N)=NCc2ccc(S(C)(=O)=O)s2)CCO1.I. The third-order valence-electron chi connectivity index (χ3n) is 2.96. The van der Waals surface area contributed by atoms with Crippen LogP contribution in [0.25, 0.3) is 0 Å². The predicted molar refractivity (Wildman–Crippen MR) is 95.2 cm³/mol. The van der Waals surface area contributed by atoms with Crippen LogP contribution in [0.1, 0.15) is 11.8 Å². The molecular formula is C12H20IN3O3S2. The van der Waals surface area contributed by atoms with Crippen molar-refractivity contribution >= 4 is 51.1 Å². The van der Waals surface area contributed by atoms with Crippen molar-refractivity contribution in [3.05, 3.63) is 17.0 Å². The van der Waals surface area contributed by atoms with Gasteiger partial charge in [-0.2, -0.15) is 0 Å². The Morgan fingerprint density at radius 1 is 1.57 bits per heavy atom. The van der Waals surface area contributed by atoms with Crippen LogP contribution in [-0.2, 0) is 21.1 Å². The second-order valence-corrected chi connectivity index (χ2v) is 8.21. The molecule has 9 heteroatoms. The van der Waals surface area contributed by atoms with Gasteiger partial charge in [-0.1, -0.05) is 0 Å². The number of nitrogens with zero attached hydrogens (tertiary/aromatic N) is 2. The van der Waals surface area contributed by atoms with Crippen LogP contribution in [0.2, 0.25) is 0 Å². The summed E-state index contributed by atoms with van der Waals surface area (Å²) in [5, 5.41) is 0. The molecular weight excluding hydrogens is 425 g/mol. The number of guanidine groups is 1. The van der Waals surface area contributed by atoms with Gasteiger partial charge in [0.2, 0.25) is 0 Å². The van der Waals surface area contributed by atoms with Gasteiger partial charge in [0.1, 0.15) is 4.21 Å². The standard InChI is InChI=1S/C12H19N3O3S2.HI/c1-9-8-15(5-6-18-9)12(13)14-7-10-3-4-11(19-10)20(2,16)17;/h3-4,9H,5-8H2,1-2H3,(H2,13,14);1H. The first-order valence-electron chi connectivity index (χ1n) is 6.31. The number of hydrogen-bond donors (Lipinski definition) is 1. The number of thiophene rings is 1. The average Bonchev–Trinajstić information content (AvgIpc) is 2.84. The predicted octanol–water partition coefficient (Wildman–Crippen LogP) is 1.31.